The molecule has 0 aliphatic heterocycles. The molecule has 2 aromatic carbocycles. The molecule has 0 bridgehead atoms. The number of sulfone groups is 1. The Hall–Kier alpha value is -2.02. The normalized spacial score (nSPS) is 12.2. The Labute approximate surface area is 171 Å². The lowest BCUT2D eigenvalue weighted by atomic mass is 10.2. The van der Waals surface area contributed by atoms with Crippen molar-refractivity contribution in [3.63, 3.8) is 0 Å². The summed E-state index contributed by atoms with van der Waals surface area (Å²) in [6, 6.07) is 11.2. The van der Waals surface area contributed by atoms with Crippen LogP contribution in [-0.2, 0) is 16.4 Å². The zero-order valence-corrected chi connectivity index (χ0v) is 17.2. The number of alkyl halides is 3. The maximum absolute atomic E-state index is 12.1. The molecule has 27 heavy (non-hydrogen) atoms. The van der Waals surface area contributed by atoms with Crippen LogP contribution < -0.4 is 15.8 Å². The average Bonchev–Trinajstić information content (AvgIpc) is 2.53. The number of nitrogens with zero attached hydrogens (tertiary/aromatic N) is 1. The molecule has 148 valence electrons. The fourth-order valence-corrected chi connectivity index (χ4v) is 2.58. The zero-order valence-electron chi connectivity index (χ0n) is 14.0. The van der Waals surface area contributed by atoms with E-state index in [0.717, 1.165) is 24.0 Å². The SMILES string of the molecule is CS(=O)(=O)c1ccc(CN=C(N)Nc2ccc(OC(F)(F)F)cc2)cc1.I. The quantitative estimate of drug-likeness (QED) is 0.361. The standard InChI is InChI=1S/C16H16F3N3O3S.HI/c1-26(23,24)14-8-2-11(3-9-14)10-21-15(20)22-12-4-6-13(7-5-12)25-16(17,18)19;/h2-9H,10H2,1H3,(H3,20,21,22);1H. The number of nitrogens with two attached hydrogens (primary N) is 1. The molecule has 0 aliphatic rings. The Balaban J connectivity index is 0.00000364. The molecule has 2 rings (SSSR count). The highest BCUT2D eigenvalue weighted by atomic mass is 127. The smallest absolute Gasteiger partial charge is 0.406 e. The van der Waals surface area contributed by atoms with E-state index >= 15 is 0 Å². The summed E-state index contributed by atoms with van der Waals surface area (Å²) in [6.45, 7) is 0.206. The summed E-state index contributed by atoms with van der Waals surface area (Å²) in [5.74, 6) is -0.286. The van der Waals surface area contributed by atoms with Gasteiger partial charge in [0.2, 0.25) is 0 Å². The van der Waals surface area contributed by atoms with Gasteiger partial charge in [-0.15, -0.1) is 37.1 Å². The molecule has 3 N–H and O–H groups in total. The third-order valence-corrected chi connectivity index (χ3v) is 4.27. The van der Waals surface area contributed by atoms with Gasteiger partial charge in [0.1, 0.15) is 5.75 Å². The maximum atomic E-state index is 12.1. The number of hydrogen-bond acceptors (Lipinski definition) is 4. The summed E-state index contributed by atoms with van der Waals surface area (Å²) in [5.41, 5.74) is 6.91. The molecule has 0 aliphatic carbocycles. The molecule has 0 radical (unpaired) electrons. The van der Waals surface area contributed by atoms with Crippen molar-refractivity contribution in [1.29, 1.82) is 0 Å². The van der Waals surface area contributed by atoms with E-state index in [2.05, 4.69) is 15.0 Å². The molecule has 2 aromatic rings. The van der Waals surface area contributed by atoms with Gasteiger partial charge >= 0.3 is 6.36 Å². The van der Waals surface area contributed by atoms with Gasteiger partial charge in [-0.3, -0.25) is 0 Å². The van der Waals surface area contributed by atoms with Crippen LogP contribution in [0.15, 0.2) is 58.4 Å². The van der Waals surface area contributed by atoms with Crippen molar-refractivity contribution in [3.8, 4) is 5.75 Å². The fraction of sp³-hybridized carbons (Fsp3) is 0.188. The molecule has 0 spiro atoms. The van der Waals surface area contributed by atoms with Gasteiger partial charge in [-0.25, -0.2) is 13.4 Å². The molecule has 0 saturated carbocycles. The molecule has 6 nitrogen and oxygen atoms in total. The van der Waals surface area contributed by atoms with Crippen LogP contribution in [0, 0.1) is 0 Å². The second-order valence-corrected chi connectivity index (χ2v) is 7.33. The van der Waals surface area contributed by atoms with Crippen molar-refractivity contribution in [2.45, 2.75) is 17.8 Å². The van der Waals surface area contributed by atoms with Crippen LogP contribution in [0.2, 0.25) is 0 Å². The number of anilines is 1. The van der Waals surface area contributed by atoms with Crippen LogP contribution in [0.3, 0.4) is 0 Å². The predicted molar refractivity (Wildman–Crippen MR) is 107 cm³/mol. The number of rotatable bonds is 5. The van der Waals surface area contributed by atoms with Crippen LogP contribution in [0.25, 0.3) is 0 Å². The van der Waals surface area contributed by atoms with E-state index in [4.69, 9.17) is 5.73 Å². The number of guanidine groups is 1. The average molecular weight is 515 g/mol. The summed E-state index contributed by atoms with van der Waals surface area (Å²) in [5, 5.41) is 2.73. The third kappa shape index (κ3) is 8.03. The van der Waals surface area contributed by atoms with Gasteiger partial charge in [-0.05, 0) is 42.0 Å². The summed E-state index contributed by atoms with van der Waals surface area (Å²) in [7, 11) is -3.26. The number of ether oxygens (including phenoxy) is 1. The van der Waals surface area contributed by atoms with Crippen molar-refractivity contribution >= 4 is 45.5 Å². The lowest BCUT2D eigenvalue weighted by Crippen LogP contribution is -2.22. The number of benzene rings is 2. The monoisotopic (exact) mass is 515 g/mol. The molecule has 11 heteroatoms. The van der Waals surface area contributed by atoms with Crippen molar-refractivity contribution in [3.05, 3.63) is 54.1 Å². The molecule has 0 atom stereocenters. The van der Waals surface area contributed by atoms with Crippen LogP contribution in [0.1, 0.15) is 5.56 Å². The topological polar surface area (TPSA) is 93.8 Å². The van der Waals surface area contributed by atoms with Crippen molar-refractivity contribution in [2.75, 3.05) is 11.6 Å². The van der Waals surface area contributed by atoms with Crippen LogP contribution in [-0.4, -0.2) is 27.0 Å². The first-order valence-electron chi connectivity index (χ1n) is 7.25. The van der Waals surface area contributed by atoms with Crippen LogP contribution >= 0.6 is 24.0 Å². The van der Waals surface area contributed by atoms with Crippen molar-refractivity contribution < 1.29 is 26.3 Å². The van der Waals surface area contributed by atoms with E-state index in [-0.39, 0.29) is 47.1 Å². The molecule has 0 heterocycles. The highest BCUT2D eigenvalue weighted by Crippen LogP contribution is 2.23. The van der Waals surface area contributed by atoms with Gasteiger partial charge in [-0.2, -0.15) is 0 Å². The van der Waals surface area contributed by atoms with Gasteiger partial charge in [0, 0.05) is 11.9 Å². The molecule has 0 aromatic heterocycles. The minimum absolute atomic E-state index is 0. The van der Waals surface area contributed by atoms with Gasteiger partial charge in [-0.1, -0.05) is 12.1 Å². The van der Waals surface area contributed by atoms with E-state index in [1.165, 1.54) is 24.3 Å². The lowest BCUT2D eigenvalue weighted by molar-refractivity contribution is -0.274. The Morgan fingerprint density at radius 2 is 1.67 bits per heavy atom. The first kappa shape index (κ1) is 23.0. The Kier molecular flexibility index (Phi) is 7.90. The van der Waals surface area contributed by atoms with Gasteiger partial charge in [0.15, 0.2) is 15.8 Å². The Morgan fingerprint density at radius 1 is 1.11 bits per heavy atom. The van der Waals surface area contributed by atoms with Crippen LogP contribution in [0.4, 0.5) is 18.9 Å². The summed E-state index contributed by atoms with van der Waals surface area (Å²) < 4.78 is 62.8. The Bertz CT molecular complexity index is 884. The molecular weight excluding hydrogens is 498 g/mol. The van der Waals surface area contributed by atoms with Crippen LogP contribution in [0.5, 0.6) is 5.75 Å². The summed E-state index contributed by atoms with van der Waals surface area (Å²) in [4.78, 5) is 4.29. The Morgan fingerprint density at radius 3 is 2.15 bits per heavy atom. The zero-order chi connectivity index (χ0) is 19.4. The number of nitrogens with one attached hydrogen (secondary N) is 1. The molecule has 0 saturated heterocycles. The second kappa shape index (κ2) is 9.26. The first-order chi connectivity index (χ1) is 12.0. The second-order valence-electron chi connectivity index (χ2n) is 5.31. The van der Waals surface area contributed by atoms with Crippen molar-refractivity contribution in [2.24, 2.45) is 10.7 Å². The summed E-state index contributed by atoms with van der Waals surface area (Å²) in [6.07, 6.45) is -3.63. The van der Waals surface area contributed by atoms with E-state index in [1.54, 1.807) is 12.1 Å². The largest absolute Gasteiger partial charge is 0.573 e. The number of hydrogen-bond donors (Lipinski definition) is 2. The van der Waals surface area contributed by atoms with E-state index in [0.29, 0.717) is 5.69 Å². The first-order valence-corrected chi connectivity index (χ1v) is 9.14. The minimum Gasteiger partial charge on any atom is -0.406 e. The van der Waals surface area contributed by atoms with Crippen molar-refractivity contribution in [1.82, 2.24) is 0 Å². The summed E-state index contributed by atoms with van der Waals surface area (Å²) >= 11 is 0. The third-order valence-electron chi connectivity index (χ3n) is 3.14. The highest BCUT2D eigenvalue weighted by Gasteiger charge is 2.30. The van der Waals surface area contributed by atoms with Gasteiger partial charge in [0.05, 0.1) is 11.4 Å². The maximum Gasteiger partial charge on any atom is 0.573 e. The van der Waals surface area contributed by atoms with E-state index < -0.39 is 16.2 Å². The molecular formula is C16H17F3IN3O3S. The van der Waals surface area contributed by atoms with E-state index in [1.807, 2.05) is 0 Å². The lowest BCUT2D eigenvalue weighted by Gasteiger charge is -2.10. The van der Waals surface area contributed by atoms with Gasteiger partial charge < -0.3 is 15.8 Å². The molecule has 0 amide bonds. The number of aliphatic imine (C=N–C) groups is 1. The molecule has 0 unspecified atom stereocenters. The fourth-order valence-electron chi connectivity index (χ4n) is 1.95. The van der Waals surface area contributed by atoms with Gasteiger partial charge in [0.25, 0.3) is 0 Å². The predicted octanol–water partition coefficient (Wildman–Crippen LogP) is 3.53. The minimum atomic E-state index is -4.75. The van der Waals surface area contributed by atoms with E-state index in [9.17, 15) is 21.6 Å². The molecule has 0 fully saturated rings. The number of halogens is 4. The highest BCUT2D eigenvalue weighted by molar-refractivity contribution is 14.0.